The Kier molecular flexibility index (Phi) is 2.60. The molecule has 3 rings (SSSR count). The first-order chi connectivity index (χ1) is 8.31. The van der Waals surface area contributed by atoms with Crippen LogP contribution in [0.2, 0.25) is 0 Å². The van der Waals surface area contributed by atoms with E-state index in [0.29, 0.717) is 6.04 Å². The third kappa shape index (κ3) is 2.50. The largest absolute Gasteiger partial charge is 0.308 e. The van der Waals surface area contributed by atoms with Gasteiger partial charge in [0.15, 0.2) is 0 Å². The van der Waals surface area contributed by atoms with Crippen molar-refractivity contribution < 1.29 is 4.39 Å². The molecule has 0 spiro atoms. The minimum atomic E-state index is -0.253. The van der Waals surface area contributed by atoms with Crippen LogP contribution in [0, 0.1) is 5.82 Å². The lowest BCUT2D eigenvalue weighted by Crippen LogP contribution is -2.15. The first kappa shape index (κ1) is 10.4. The molecular weight excluding hydrogens is 219 g/mol. The van der Waals surface area contributed by atoms with Gasteiger partial charge in [0.2, 0.25) is 0 Å². The van der Waals surface area contributed by atoms with Gasteiger partial charge in [0.05, 0.1) is 17.6 Å². The fourth-order valence-electron chi connectivity index (χ4n) is 1.61. The second-order valence-electron chi connectivity index (χ2n) is 4.26. The van der Waals surface area contributed by atoms with Gasteiger partial charge < -0.3 is 5.32 Å². The van der Waals surface area contributed by atoms with E-state index >= 15 is 0 Å². The van der Waals surface area contributed by atoms with Crippen molar-refractivity contribution in [1.29, 1.82) is 0 Å². The molecule has 88 valence electrons. The average molecular weight is 232 g/mol. The van der Waals surface area contributed by atoms with Crippen molar-refractivity contribution in [3.63, 3.8) is 0 Å². The number of nitrogens with zero attached hydrogens (tertiary/aromatic N) is 3. The molecule has 0 atom stereocenters. The number of halogens is 1. The zero-order valence-corrected chi connectivity index (χ0v) is 9.31. The molecule has 1 aliphatic carbocycles. The minimum Gasteiger partial charge on any atom is -0.308 e. The summed E-state index contributed by atoms with van der Waals surface area (Å²) in [7, 11) is 0. The van der Waals surface area contributed by atoms with Crippen molar-refractivity contribution in [3.8, 4) is 5.69 Å². The van der Waals surface area contributed by atoms with Crippen LogP contribution in [0.25, 0.3) is 5.69 Å². The molecule has 4 nitrogen and oxygen atoms in total. The zero-order chi connectivity index (χ0) is 11.7. The second-order valence-corrected chi connectivity index (χ2v) is 4.26. The monoisotopic (exact) mass is 232 g/mol. The molecule has 1 fully saturated rings. The summed E-state index contributed by atoms with van der Waals surface area (Å²) in [5.41, 5.74) is 1.67. The maximum absolute atomic E-state index is 12.8. The van der Waals surface area contributed by atoms with Gasteiger partial charge in [-0.1, -0.05) is 0 Å². The lowest BCUT2D eigenvalue weighted by molar-refractivity contribution is 0.625. The van der Waals surface area contributed by atoms with Crippen molar-refractivity contribution in [3.05, 3.63) is 42.0 Å². The molecule has 1 aromatic heterocycles. The number of hydrogen-bond donors (Lipinski definition) is 1. The highest BCUT2D eigenvalue weighted by molar-refractivity contribution is 5.29. The Morgan fingerprint density at radius 3 is 2.76 bits per heavy atom. The molecule has 0 unspecified atom stereocenters. The molecule has 1 N–H and O–H groups in total. The SMILES string of the molecule is Fc1ccc(-n2ncc(CNC3CC3)n2)cc1. The van der Waals surface area contributed by atoms with Crippen molar-refractivity contribution in [2.75, 3.05) is 0 Å². The maximum atomic E-state index is 12.8. The van der Waals surface area contributed by atoms with Gasteiger partial charge in [-0.2, -0.15) is 15.0 Å². The Balaban J connectivity index is 1.72. The van der Waals surface area contributed by atoms with E-state index in [4.69, 9.17) is 0 Å². The van der Waals surface area contributed by atoms with Crippen LogP contribution in [0.5, 0.6) is 0 Å². The van der Waals surface area contributed by atoms with Crippen LogP contribution >= 0.6 is 0 Å². The zero-order valence-electron chi connectivity index (χ0n) is 9.31. The topological polar surface area (TPSA) is 42.7 Å². The lowest BCUT2D eigenvalue weighted by atomic mass is 10.3. The molecule has 1 aliphatic rings. The van der Waals surface area contributed by atoms with E-state index in [0.717, 1.165) is 17.9 Å². The van der Waals surface area contributed by atoms with E-state index in [9.17, 15) is 4.39 Å². The summed E-state index contributed by atoms with van der Waals surface area (Å²) in [6.07, 6.45) is 4.25. The standard InChI is InChI=1S/C12H13FN4/c13-9-1-5-12(6-2-9)17-15-8-11(16-17)7-14-10-3-4-10/h1-2,5-6,8,10,14H,3-4,7H2. The number of nitrogens with one attached hydrogen (secondary N) is 1. The summed E-state index contributed by atoms with van der Waals surface area (Å²) in [6, 6.07) is 6.79. The number of aromatic nitrogens is 3. The van der Waals surface area contributed by atoms with Gasteiger partial charge in [-0.3, -0.25) is 0 Å². The Bertz CT molecular complexity index is 501. The van der Waals surface area contributed by atoms with Crippen LogP contribution in [0.15, 0.2) is 30.5 Å². The molecule has 0 amide bonds. The van der Waals surface area contributed by atoms with Gasteiger partial charge in [0.25, 0.3) is 0 Å². The fourth-order valence-corrected chi connectivity index (χ4v) is 1.61. The predicted octanol–water partition coefficient (Wildman–Crippen LogP) is 1.66. The fraction of sp³-hybridized carbons (Fsp3) is 0.333. The molecule has 0 radical (unpaired) electrons. The molecule has 0 aliphatic heterocycles. The van der Waals surface area contributed by atoms with Crippen LogP contribution < -0.4 is 5.32 Å². The minimum absolute atomic E-state index is 0.253. The normalized spacial score (nSPS) is 15.1. The van der Waals surface area contributed by atoms with Gasteiger partial charge in [-0.25, -0.2) is 4.39 Å². The first-order valence-electron chi connectivity index (χ1n) is 5.72. The van der Waals surface area contributed by atoms with Crippen LogP contribution in [0.1, 0.15) is 18.5 Å². The van der Waals surface area contributed by atoms with Gasteiger partial charge >= 0.3 is 0 Å². The highest BCUT2D eigenvalue weighted by atomic mass is 19.1. The average Bonchev–Trinajstić information content (AvgIpc) is 3.06. The van der Waals surface area contributed by atoms with Crippen LogP contribution in [0.4, 0.5) is 4.39 Å². The molecule has 2 aromatic rings. The third-order valence-corrected chi connectivity index (χ3v) is 2.75. The summed E-state index contributed by atoms with van der Waals surface area (Å²) in [5, 5.41) is 11.9. The summed E-state index contributed by atoms with van der Waals surface area (Å²) < 4.78 is 12.8. The van der Waals surface area contributed by atoms with Crippen molar-refractivity contribution in [2.24, 2.45) is 0 Å². The molecule has 0 bridgehead atoms. The highest BCUT2D eigenvalue weighted by Gasteiger charge is 2.20. The van der Waals surface area contributed by atoms with E-state index < -0.39 is 0 Å². The Hall–Kier alpha value is -1.75. The third-order valence-electron chi connectivity index (χ3n) is 2.75. The Labute approximate surface area is 98.5 Å². The lowest BCUT2D eigenvalue weighted by Gasteiger charge is -1.99. The first-order valence-corrected chi connectivity index (χ1v) is 5.72. The summed E-state index contributed by atoms with van der Waals surface area (Å²) in [5.74, 6) is -0.253. The predicted molar refractivity (Wildman–Crippen MR) is 61.2 cm³/mol. The molecule has 0 saturated heterocycles. The van der Waals surface area contributed by atoms with Crippen LogP contribution in [-0.4, -0.2) is 21.0 Å². The number of rotatable bonds is 4. The van der Waals surface area contributed by atoms with E-state index in [1.54, 1.807) is 18.3 Å². The van der Waals surface area contributed by atoms with Gasteiger partial charge in [-0.05, 0) is 37.1 Å². The number of hydrogen-bond acceptors (Lipinski definition) is 3. The van der Waals surface area contributed by atoms with Crippen molar-refractivity contribution >= 4 is 0 Å². The highest BCUT2D eigenvalue weighted by Crippen LogP contribution is 2.19. The maximum Gasteiger partial charge on any atom is 0.123 e. The molecule has 1 aromatic carbocycles. The van der Waals surface area contributed by atoms with Crippen molar-refractivity contribution in [1.82, 2.24) is 20.3 Å². The summed E-state index contributed by atoms with van der Waals surface area (Å²) >= 11 is 0. The Morgan fingerprint density at radius 1 is 1.29 bits per heavy atom. The molecule has 1 heterocycles. The van der Waals surface area contributed by atoms with Gasteiger partial charge in [0, 0.05) is 12.6 Å². The quantitative estimate of drug-likeness (QED) is 0.871. The smallest absolute Gasteiger partial charge is 0.123 e. The van der Waals surface area contributed by atoms with Crippen LogP contribution in [0.3, 0.4) is 0 Å². The molecule has 1 saturated carbocycles. The molecule has 17 heavy (non-hydrogen) atoms. The summed E-state index contributed by atoms with van der Waals surface area (Å²) in [6.45, 7) is 0.742. The van der Waals surface area contributed by atoms with Crippen LogP contribution in [-0.2, 0) is 6.54 Å². The van der Waals surface area contributed by atoms with Gasteiger partial charge in [-0.15, -0.1) is 0 Å². The Morgan fingerprint density at radius 2 is 2.06 bits per heavy atom. The van der Waals surface area contributed by atoms with E-state index in [1.807, 2.05) is 0 Å². The van der Waals surface area contributed by atoms with E-state index in [-0.39, 0.29) is 5.82 Å². The van der Waals surface area contributed by atoms with Crippen molar-refractivity contribution in [2.45, 2.75) is 25.4 Å². The molecular formula is C12H13FN4. The van der Waals surface area contributed by atoms with E-state index in [1.165, 1.54) is 29.8 Å². The second kappa shape index (κ2) is 4.25. The van der Waals surface area contributed by atoms with E-state index in [2.05, 4.69) is 15.5 Å². The summed E-state index contributed by atoms with van der Waals surface area (Å²) in [4.78, 5) is 1.52. The molecule has 5 heteroatoms. The number of benzene rings is 1. The van der Waals surface area contributed by atoms with Gasteiger partial charge in [0.1, 0.15) is 5.82 Å².